The van der Waals surface area contributed by atoms with E-state index < -0.39 is 0 Å². The average molecular weight is 394 g/mol. The van der Waals surface area contributed by atoms with Gasteiger partial charge >= 0.3 is 0 Å². The maximum Gasteiger partial charge on any atom is 0.220 e. The number of halogens is 2. The third kappa shape index (κ3) is 6.89. The summed E-state index contributed by atoms with van der Waals surface area (Å²) >= 11 is 0. The first kappa shape index (κ1) is 23.0. The number of likely N-dealkylation sites (tertiary alicyclic amines) is 1. The molecule has 2 N–H and O–H groups in total. The summed E-state index contributed by atoms with van der Waals surface area (Å²) in [6.45, 7) is 6.85. The van der Waals surface area contributed by atoms with E-state index in [2.05, 4.69) is 22.5 Å². The highest BCUT2D eigenvalue weighted by atomic mass is 35.5. The second-order valence-corrected chi connectivity index (χ2v) is 8.10. The minimum Gasteiger partial charge on any atom is -0.353 e. The lowest BCUT2D eigenvalue weighted by molar-refractivity contribution is -0.123. The Morgan fingerprint density at radius 2 is 1.76 bits per heavy atom. The molecule has 4 nitrogen and oxygen atoms in total. The van der Waals surface area contributed by atoms with Crippen molar-refractivity contribution in [2.45, 2.75) is 76.8 Å². The monoisotopic (exact) mass is 393 g/mol. The van der Waals surface area contributed by atoms with Crippen LogP contribution in [0.25, 0.3) is 0 Å². The van der Waals surface area contributed by atoms with Gasteiger partial charge in [-0.3, -0.25) is 4.79 Å². The van der Waals surface area contributed by atoms with Crippen LogP contribution >= 0.6 is 24.8 Å². The van der Waals surface area contributed by atoms with Crippen LogP contribution in [0.3, 0.4) is 0 Å². The van der Waals surface area contributed by atoms with E-state index in [0.29, 0.717) is 24.3 Å². The van der Waals surface area contributed by atoms with Gasteiger partial charge in [-0.1, -0.05) is 19.8 Å². The van der Waals surface area contributed by atoms with Crippen LogP contribution in [0.15, 0.2) is 0 Å². The van der Waals surface area contributed by atoms with Crippen molar-refractivity contribution in [1.29, 1.82) is 0 Å². The number of nitrogens with zero attached hydrogens (tertiary/aromatic N) is 1. The average Bonchev–Trinajstić information content (AvgIpc) is 3.11. The van der Waals surface area contributed by atoms with Crippen LogP contribution in [-0.4, -0.2) is 49.1 Å². The maximum absolute atomic E-state index is 12.4. The highest BCUT2D eigenvalue weighted by molar-refractivity contribution is 5.85. The Morgan fingerprint density at radius 1 is 1.08 bits per heavy atom. The van der Waals surface area contributed by atoms with E-state index in [1.807, 2.05) is 0 Å². The van der Waals surface area contributed by atoms with Crippen molar-refractivity contribution in [2.75, 3.05) is 26.2 Å². The highest BCUT2D eigenvalue weighted by Crippen LogP contribution is 2.26. The zero-order valence-corrected chi connectivity index (χ0v) is 17.3. The Labute approximate surface area is 166 Å². The number of piperidine rings is 2. The summed E-state index contributed by atoms with van der Waals surface area (Å²) in [6, 6.07) is 1.25. The van der Waals surface area contributed by atoms with Crippen LogP contribution < -0.4 is 10.6 Å². The molecular weight excluding hydrogens is 357 g/mol. The SMILES string of the molecule is CC(CC(=O)NC1CCN(C2CCCC2)CC1)C1CCCNC1.Cl.Cl. The van der Waals surface area contributed by atoms with Crippen LogP contribution in [0.1, 0.15) is 64.7 Å². The van der Waals surface area contributed by atoms with Crippen LogP contribution in [0.5, 0.6) is 0 Å². The number of nitrogens with one attached hydrogen (secondary N) is 2. The lowest BCUT2D eigenvalue weighted by atomic mass is 9.85. The molecule has 1 amide bonds. The fourth-order valence-electron chi connectivity index (χ4n) is 4.79. The van der Waals surface area contributed by atoms with Gasteiger partial charge in [-0.05, 0) is 63.5 Å². The second kappa shape index (κ2) is 11.6. The molecule has 0 bridgehead atoms. The highest BCUT2D eigenvalue weighted by Gasteiger charge is 2.28. The quantitative estimate of drug-likeness (QED) is 0.752. The Balaban J connectivity index is 0.00000156. The fourth-order valence-corrected chi connectivity index (χ4v) is 4.79. The molecule has 0 aromatic rings. The molecule has 3 rings (SSSR count). The van der Waals surface area contributed by atoms with Gasteiger partial charge < -0.3 is 15.5 Å². The zero-order chi connectivity index (χ0) is 16.1. The Kier molecular flexibility index (Phi) is 10.7. The molecule has 0 aromatic heterocycles. The lowest BCUT2D eigenvalue weighted by Crippen LogP contribution is -2.47. The van der Waals surface area contributed by atoms with Gasteiger partial charge in [-0.25, -0.2) is 0 Å². The normalized spacial score (nSPS) is 27.2. The van der Waals surface area contributed by atoms with E-state index in [9.17, 15) is 4.79 Å². The standard InChI is InChI=1S/C19H35N3O.2ClH/c1-15(16-5-4-10-20-14-16)13-19(23)21-17-8-11-22(12-9-17)18-6-2-3-7-18;;/h15-18,20H,2-14H2,1H3,(H,21,23);2*1H. The van der Waals surface area contributed by atoms with Crippen molar-refractivity contribution in [3.05, 3.63) is 0 Å². The van der Waals surface area contributed by atoms with Gasteiger partial charge in [0.05, 0.1) is 0 Å². The van der Waals surface area contributed by atoms with Crippen molar-refractivity contribution >= 4 is 30.7 Å². The van der Waals surface area contributed by atoms with Crippen LogP contribution in [-0.2, 0) is 4.79 Å². The van der Waals surface area contributed by atoms with E-state index in [1.165, 1.54) is 51.6 Å². The molecule has 0 aromatic carbocycles. The number of amides is 1. The first-order valence-corrected chi connectivity index (χ1v) is 9.96. The van der Waals surface area contributed by atoms with Crippen molar-refractivity contribution < 1.29 is 4.79 Å². The molecule has 0 spiro atoms. The first-order valence-electron chi connectivity index (χ1n) is 9.96. The molecule has 2 heterocycles. The number of hydrogen-bond acceptors (Lipinski definition) is 3. The first-order chi connectivity index (χ1) is 11.2. The van der Waals surface area contributed by atoms with Crippen molar-refractivity contribution in [3.63, 3.8) is 0 Å². The molecule has 2 atom stereocenters. The number of carbonyl (C=O) groups is 1. The molecule has 3 aliphatic rings. The van der Waals surface area contributed by atoms with Crippen LogP contribution in [0.4, 0.5) is 0 Å². The molecule has 2 unspecified atom stereocenters. The van der Waals surface area contributed by atoms with Gasteiger partial charge in [0.15, 0.2) is 0 Å². The molecule has 0 radical (unpaired) electrons. The Bertz CT molecular complexity index is 377. The van der Waals surface area contributed by atoms with E-state index in [4.69, 9.17) is 0 Å². The Morgan fingerprint density at radius 3 is 2.36 bits per heavy atom. The maximum atomic E-state index is 12.4. The lowest BCUT2D eigenvalue weighted by Gasteiger charge is -2.36. The second-order valence-electron chi connectivity index (χ2n) is 8.10. The van der Waals surface area contributed by atoms with Gasteiger partial charge in [-0.2, -0.15) is 0 Å². The predicted molar refractivity (Wildman–Crippen MR) is 109 cm³/mol. The summed E-state index contributed by atoms with van der Waals surface area (Å²) in [6.07, 6.45) is 11.1. The van der Waals surface area contributed by atoms with Gasteiger partial charge in [0.25, 0.3) is 0 Å². The minimum atomic E-state index is 0. The molecule has 3 fully saturated rings. The largest absolute Gasteiger partial charge is 0.353 e. The fraction of sp³-hybridized carbons (Fsp3) is 0.947. The van der Waals surface area contributed by atoms with Crippen LogP contribution in [0.2, 0.25) is 0 Å². The number of hydrogen-bond donors (Lipinski definition) is 2. The molecule has 148 valence electrons. The Hall–Kier alpha value is -0.0300. The van der Waals surface area contributed by atoms with E-state index in [-0.39, 0.29) is 30.7 Å². The predicted octanol–water partition coefficient (Wildman–Crippen LogP) is 3.38. The molecule has 1 aliphatic carbocycles. The van der Waals surface area contributed by atoms with E-state index in [1.54, 1.807) is 0 Å². The van der Waals surface area contributed by atoms with E-state index in [0.717, 1.165) is 32.0 Å². The van der Waals surface area contributed by atoms with E-state index >= 15 is 0 Å². The van der Waals surface area contributed by atoms with Gasteiger partial charge in [0.2, 0.25) is 5.91 Å². The number of rotatable bonds is 5. The smallest absolute Gasteiger partial charge is 0.220 e. The molecule has 25 heavy (non-hydrogen) atoms. The van der Waals surface area contributed by atoms with Gasteiger partial charge in [0.1, 0.15) is 0 Å². The summed E-state index contributed by atoms with van der Waals surface area (Å²) < 4.78 is 0. The molecule has 2 saturated heterocycles. The zero-order valence-electron chi connectivity index (χ0n) is 15.7. The van der Waals surface area contributed by atoms with Crippen molar-refractivity contribution in [2.24, 2.45) is 11.8 Å². The molecule has 1 saturated carbocycles. The molecular formula is C19H37Cl2N3O. The minimum absolute atomic E-state index is 0. The summed E-state index contributed by atoms with van der Waals surface area (Å²) in [4.78, 5) is 15.0. The summed E-state index contributed by atoms with van der Waals surface area (Å²) in [5.74, 6) is 1.46. The van der Waals surface area contributed by atoms with Crippen molar-refractivity contribution in [3.8, 4) is 0 Å². The molecule has 6 heteroatoms. The summed E-state index contributed by atoms with van der Waals surface area (Å²) in [5, 5.41) is 6.78. The van der Waals surface area contributed by atoms with Crippen molar-refractivity contribution in [1.82, 2.24) is 15.5 Å². The summed E-state index contributed by atoms with van der Waals surface area (Å²) in [7, 11) is 0. The van der Waals surface area contributed by atoms with Gasteiger partial charge in [-0.15, -0.1) is 24.8 Å². The number of carbonyl (C=O) groups excluding carboxylic acids is 1. The van der Waals surface area contributed by atoms with Gasteiger partial charge in [0, 0.05) is 31.6 Å². The molecule has 2 aliphatic heterocycles. The third-order valence-corrected chi connectivity index (χ3v) is 6.38. The van der Waals surface area contributed by atoms with Crippen LogP contribution in [0, 0.1) is 11.8 Å². The topological polar surface area (TPSA) is 44.4 Å². The third-order valence-electron chi connectivity index (χ3n) is 6.38. The summed E-state index contributed by atoms with van der Waals surface area (Å²) in [5.41, 5.74) is 0.